The van der Waals surface area contributed by atoms with Crippen LogP contribution in [0.15, 0.2) is 0 Å². The van der Waals surface area contributed by atoms with Gasteiger partial charge in [0.25, 0.3) is 0 Å². The highest BCUT2D eigenvalue weighted by atomic mass is 79.9. The summed E-state index contributed by atoms with van der Waals surface area (Å²) in [5.74, 6) is 0. The molecule has 14 heavy (non-hydrogen) atoms. The Balaban J connectivity index is 4.56. The third kappa shape index (κ3) is 5.64. The van der Waals surface area contributed by atoms with E-state index >= 15 is 0 Å². The van der Waals surface area contributed by atoms with E-state index in [0.717, 1.165) is 0 Å². The molecule has 5 nitrogen and oxygen atoms in total. The Labute approximate surface area is 92.4 Å². The zero-order chi connectivity index (χ0) is 11.4. The third-order valence-electron chi connectivity index (χ3n) is 1.34. The summed E-state index contributed by atoms with van der Waals surface area (Å²) in [7, 11) is -7.23. The molecule has 86 valence electrons. The fourth-order valence-electron chi connectivity index (χ4n) is 0.625. The normalized spacial score (nSPS) is 22.4. The number of alkyl halides is 1. The van der Waals surface area contributed by atoms with Crippen LogP contribution < -0.4 is 0 Å². The molecule has 0 bridgehead atoms. The molecule has 1 N–H and O–H groups in total. The molecule has 0 heterocycles. The van der Waals surface area contributed by atoms with E-state index in [1.54, 1.807) is 13.8 Å². The predicted molar refractivity (Wildman–Crippen MR) is 59.1 cm³/mol. The molecular formula is C6H15BrO5P2. The second-order valence-corrected chi connectivity index (χ2v) is 8.53. The Bertz CT molecular complexity index is 267. The maximum atomic E-state index is 11.8. The summed E-state index contributed by atoms with van der Waals surface area (Å²) in [6.07, 6.45) is -0.0233. The lowest BCUT2D eigenvalue weighted by Crippen LogP contribution is -2.02. The third-order valence-corrected chi connectivity index (χ3v) is 6.05. The maximum absolute atomic E-state index is 11.8. The minimum Gasteiger partial charge on any atom is -0.324 e. The van der Waals surface area contributed by atoms with E-state index in [4.69, 9.17) is 9.42 Å². The first kappa shape index (κ1) is 14.8. The van der Waals surface area contributed by atoms with Crippen molar-refractivity contribution in [1.82, 2.24) is 0 Å². The molecular weight excluding hydrogens is 294 g/mol. The van der Waals surface area contributed by atoms with Crippen LogP contribution in [0.4, 0.5) is 0 Å². The van der Waals surface area contributed by atoms with Crippen LogP contribution in [0.2, 0.25) is 0 Å². The molecule has 0 amide bonds. The van der Waals surface area contributed by atoms with Gasteiger partial charge in [-0.2, -0.15) is 0 Å². The van der Waals surface area contributed by atoms with Crippen LogP contribution >= 0.6 is 31.1 Å². The summed E-state index contributed by atoms with van der Waals surface area (Å²) < 4.78 is 32.6. The van der Waals surface area contributed by atoms with E-state index in [1.807, 2.05) is 0 Å². The highest BCUT2D eigenvalue weighted by Crippen LogP contribution is 2.62. The molecule has 0 saturated heterocycles. The Morgan fingerprint density at radius 3 is 2.14 bits per heavy atom. The lowest BCUT2D eigenvalue weighted by molar-refractivity contribution is 0.251. The lowest BCUT2D eigenvalue weighted by Gasteiger charge is -2.20. The lowest BCUT2D eigenvalue weighted by atomic mass is 10.9. The van der Waals surface area contributed by atoms with Crippen molar-refractivity contribution in [2.75, 3.05) is 12.3 Å². The van der Waals surface area contributed by atoms with Gasteiger partial charge in [-0.05, 0) is 6.92 Å². The van der Waals surface area contributed by atoms with Crippen LogP contribution in [0.3, 0.4) is 0 Å². The van der Waals surface area contributed by atoms with E-state index in [-0.39, 0.29) is 12.3 Å². The van der Waals surface area contributed by atoms with Gasteiger partial charge in [-0.3, -0.25) is 13.7 Å². The standard InChI is InChI=1S/C6H15BrO5P2/c1-4-13(8,9)12-14(10,5-2)11-6(3)7/h6H,4-5H2,1-3H3,(H,8,9). The molecule has 0 rings (SSSR count). The summed E-state index contributed by atoms with van der Waals surface area (Å²) in [5, 5.41) is -0.481. The molecule has 0 aromatic heterocycles. The first-order chi connectivity index (χ1) is 6.24. The number of hydrogen-bond acceptors (Lipinski definition) is 4. The molecule has 0 spiro atoms. The highest BCUT2D eigenvalue weighted by molar-refractivity contribution is 9.09. The largest absolute Gasteiger partial charge is 0.338 e. The van der Waals surface area contributed by atoms with Gasteiger partial charge in [0.05, 0.1) is 0 Å². The average molecular weight is 309 g/mol. The molecule has 3 unspecified atom stereocenters. The molecule has 3 atom stereocenters. The van der Waals surface area contributed by atoms with Crippen molar-refractivity contribution in [3.8, 4) is 0 Å². The second-order valence-electron chi connectivity index (χ2n) is 2.61. The van der Waals surface area contributed by atoms with Crippen LogP contribution in [0, 0.1) is 0 Å². The van der Waals surface area contributed by atoms with Crippen molar-refractivity contribution in [3.63, 3.8) is 0 Å². The minimum absolute atomic E-state index is 0.0630. The molecule has 0 aromatic rings. The van der Waals surface area contributed by atoms with Crippen LogP contribution in [0.1, 0.15) is 20.8 Å². The number of hydrogen-bond donors (Lipinski definition) is 1. The molecule has 8 heteroatoms. The van der Waals surface area contributed by atoms with Gasteiger partial charge in [-0.15, -0.1) is 0 Å². The molecule has 0 saturated carbocycles. The molecule has 0 aliphatic heterocycles. The van der Waals surface area contributed by atoms with Gasteiger partial charge in [0.1, 0.15) is 5.01 Å². The van der Waals surface area contributed by atoms with Crippen molar-refractivity contribution >= 4 is 31.1 Å². The van der Waals surface area contributed by atoms with Crippen molar-refractivity contribution in [1.29, 1.82) is 0 Å². The molecule has 0 aliphatic carbocycles. The fraction of sp³-hybridized carbons (Fsp3) is 1.00. The first-order valence-corrected chi connectivity index (χ1v) is 8.60. The Morgan fingerprint density at radius 2 is 1.86 bits per heavy atom. The molecule has 0 aliphatic rings. The van der Waals surface area contributed by atoms with Gasteiger partial charge in [-0.1, -0.05) is 29.8 Å². The van der Waals surface area contributed by atoms with E-state index in [2.05, 4.69) is 20.2 Å². The number of halogens is 1. The molecule has 0 fully saturated rings. The van der Waals surface area contributed by atoms with E-state index < -0.39 is 20.2 Å². The minimum atomic E-state index is -3.78. The van der Waals surface area contributed by atoms with Crippen molar-refractivity contribution in [3.05, 3.63) is 0 Å². The monoisotopic (exact) mass is 308 g/mol. The van der Waals surface area contributed by atoms with Crippen LogP contribution in [0.25, 0.3) is 0 Å². The van der Waals surface area contributed by atoms with Crippen molar-refractivity contribution in [2.24, 2.45) is 0 Å². The van der Waals surface area contributed by atoms with Gasteiger partial charge in [0.2, 0.25) is 0 Å². The highest BCUT2D eigenvalue weighted by Gasteiger charge is 2.33. The Hall–Kier alpha value is 0.820. The summed E-state index contributed by atoms with van der Waals surface area (Å²) in [5.41, 5.74) is 0. The maximum Gasteiger partial charge on any atom is 0.338 e. The smallest absolute Gasteiger partial charge is 0.324 e. The van der Waals surface area contributed by atoms with Crippen LogP contribution in [-0.4, -0.2) is 22.2 Å². The van der Waals surface area contributed by atoms with Crippen LogP contribution in [-0.2, 0) is 18.0 Å². The number of rotatable bonds is 6. The Kier molecular flexibility index (Phi) is 6.12. The van der Waals surface area contributed by atoms with Gasteiger partial charge in [0, 0.05) is 12.3 Å². The van der Waals surface area contributed by atoms with Gasteiger partial charge >= 0.3 is 15.2 Å². The van der Waals surface area contributed by atoms with Crippen molar-refractivity contribution in [2.45, 2.75) is 25.8 Å². The van der Waals surface area contributed by atoms with E-state index in [0.29, 0.717) is 0 Å². The summed E-state index contributed by atoms with van der Waals surface area (Å²) in [6.45, 7) is 4.67. The van der Waals surface area contributed by atoms with E-state index in [1.165, 1.54) is 6.92 Å². The average Bonchev–Trinajstić information content (AvgIpc) is 2.02. The van der Waals surface area contributed by atoms with Crippen molar-refractivity contribution < 1.29 is 22.9 Å². The SMILES string of the molecule is CCP(=O)(O)OP(=O)(CC)OC(C)Br. The topological polar surface area (TPSA) is 72.8 Å². The van der Waals surface area contributed by atoms with Crippen LogP contribution in [0.5, 0.6) is 0 Å². The molecule has 0 radical (unpaired) electrons. The second kappa shape index (κ2) is 5.78. The summed E-state index contributed by atoms with van der Waals surface area (Å²) >= 11 is 3.03. The van der Waals surface area contributed by atoms with E-state index in [9.17, 15) is 9.13 Å². The fourth-order valence-corrected chi connectivity index (χ4v) is 4.61. The zero-order valence-corrected chi connectivity index (χ0v) is 11.7. The van der Waals surface area contributed by atoms with Gasteiger partial charge in [-0.25, -0.2) is 4.31 Å². The zero-order valence-electron chi connectivity index (χ0n) is 8.34. The summed E-state index contributed by atoms with van der Waals surface area (Å²) in [6, 6.07) is 0. The van der Waals surface area contributed by atoms with Gasteiger partial charge in [0.15, 0.2) is 0 Å². The summed E-state index contributed by atoms with van der Waals surface area (Å²) in [4.78, 5) is 9.17. The Morgan fingerprint density at radius 1 is 1.36 bits per heavy atom. The first-order valence-electron chi connectivity index (χ1n) is 4.19. The molecule has 0 aromatic carbocycles. The quantitative estimate of drug-likeness (QED) is 0.602. The predicted octanol–water partition coefficient (Wildman–Crippen LogP) is 3.18. The van der Waals surface area contributed by atoms with Gasteiger partial charge < -0.3 is 4.89 Å².